The van der Waals surface area contributed by atoms with Crippen LogP contribution in [0.5, 0.6) is 0 Å². The number of morpholine rings is 1. The van der Waals surface area contributed by atoms with Crippen molar-refractivity contribution >= 4 is 15.7 Å². The summed E-state index contributed by atoms with van der Waals surface area (Å²) < 4.78 is 31.2. The van der Waals surface area contributed by atoms with Crippen molar-refractivity contribution in [1.82, 2.24) is 4.31 Å². The van der Waals surface area contributed by atoms with Crippen LogP contribution in [0, 0.1) is 10.1 Å². The third-order valence-corrected chi connectivity index (χ3v) is 5.03. The van der Waals surface area contributed by atoms with Gasteiger partial charge in [0.25, 0.3) is 5.69 Å². The van der Waals surface area contributed by atoms with Crippen LogP contribution in [0.25, 0.3) is 0 Å². The molecule has 0 bridgehead atoms. The zero-order valence-corrected chi connectivity index (χ0v) is 11.3. The van der Waals surface area contributed by atoms with E-state index in [1.807, 2.05) is 0 Å². The molecule has 1 aliphatic rings. The lowest BCUT2D eigenvalue weighted by Gasteiger charge is -2.33. The summed E-state index contributed by atoms with van der Waals surface area (Å²) in [5, 5.41) is 20.2. The molecule has 0 saturated carbocycles. The molecule has 0 aromatic heterocycles. The molecule has 1 aromatic rings. The van der Waals surface area contributed by atoms with Crippen LogP contribution >= 0.6 is 0 Å². The maximum absolute atomic E-state index is 12.5. The summed E-state index contributed by atoms with van der Waals surface area (Å²) in [7, 11) is -4.05. The Bertz CT molecular complexity index is 603. The van der Waals surface area contributed by atoms with Gasteiger partial charge in [-0.2, -0.15) is 4.31 Å². The number of benzene rings is 1. The van der Waals surface area contributed by atoms with Crippen molar-refractivity contribution in [2.75, 3.05) is 26.4 Å². The fourth-order valence-corrected chi connectivity index (χ4v) is 3.80. The van der Waals surface area contributed by atoms with Gasteiger partial charge in [-0.25, -0.2) is 8.42 Å². The first-order valence-corrected chi connectivity index (χ1v) is 7.36. The van der Waals surface area contributed by atoms with Gasteiger partial charge < -0.3 is 9.84 Å². The van der Waals surface area contributed by atoms with Gasteiger partial charge in [-0.05, 0) is 6.07 Å². The van der Waals surface area contributed by atoms with Gasteiger partial charge in [0, 0.05) is 12.6 Å². The average Bonchev–Trinajstić information content (AvgIpc) is 2.47. The zero-order valence-electron chi connectivity index (χ0n) is 10.5. The molecular formula is C11H14N2O6S. The molecule has 1 aliphatic heterocycles. The number of para-hydroxylation sites is 1. The molecule has 1 heterocycles. The highest BCUT2D eigenvalue weighted by Gasteiger charge is 2.37. The lowest BCUT2D eigenvalue weighted by molar-refractivity contribution is -0.387. The lowest BCUT2D eigenvalue weighted by Crippen LogP contribution is -2.50. The van der Waals surface area contributed by atoms with Crippen molar-refractivity contribution in [1.29, 1.82) is 0 Å². The van der Waals surface area contributed by atoms with Gasteiger partial charge in [-0.15, -0.1) is 0 Å². The minimum absolute atomic E-state index is 0.0552. The number of hydrogen-bond donors (Lipinski definition) is 1. The first-order valence-electron chi connectivity index (χ1n) is 5.92. The zero-order chi connectivity index (χ0) is 14.8. The van der Waals surface area contributed by atoms with Crippen LogP contribution < -0.4 is 0 Å². The summed E-state index contributed by atoms with van der Waals surface area (Å²) in [6, 6.07) is 4.43. The summed E-state index contributed by atoms with van der Waals surface area (Å²) in [4.78, 5) is 9.85. The molecule has 9 heteroatoms. The van der Waals surface area contributed by atoms with E-state index in [1.54, 1.807) is 0 Å². The standard InChI is InChI=1S/C11H14N2O6S/c14-7-9-8-19-6-5-12(9)20(17,18)11-4-2-1-3-10(11)13(15)16/h1-4,9,14H,5-8H2. The second kappa shape index (κ2) is 5.83. The SMILES string of the molecule is O=[N+]([O-])c1ccccc1S(=O)(=O)N1CCOCC1CO. The number of aliphatic hydroxyl groups is 1. The molecular weight excluding hydrogens is 288 g/mol. The summed E-state index contributed by atoms with van der Waals surface area (Å²) in [6.45, 7) is -0.0911. The average molecular weight is 302 g/mol. The second-order valence-corrected chi connectivity index (χ2v) is 6.11. The quantitative estimate of drug-likeness (QED) is 0.618. The predicted octanol–water partition coefficient (Wildman–Crippen LogP) is -0.0234. The van der Waals surface area contributed by atoms with Crippen LogP contribution in [0.2, 0.25) is 0 Å². The number of aliphatic hydroxyl groups excluding tert-OH is 1. The molecule has 0 aliphatic carbocycles. The normalized spacial score (nSPS) is 20.8. The highest BCUT2D eigenvalue weighted by Crippen LogP contribution is 2.28. The Morgan fingerprint density at radius 3 is 2.80 bits per heavy atom. The number of nitro groups is 1. The van der Waals surface area contributed by atoms with Crippen molar-refractivity contribution in [2.45, 2.75) is 10.9 Å². The highest BCUT2D eigenvalue weighted by atomic mass is 32.2. The number of hydrogen-bond acceptors (Lipinski definition) is 6. The Labute approximate surface area is 115 Å². The molecule has 20 heavy (non-hydrogen) atoms. The molecule has 0 spiro atoms. The van der Waals surface area contributed by atoms with Crippen LogP contribution in [0.1, 0.15) is 0 Å². The maximum atomic E-state index is 12.5. The van der Waals surface area contributed by atoms with Gasteiger partial charge in [-0.3, -0.25) is 10.1 Å². The van der Waals surface area contributed by atoms with E-state index in [2.05, 4.69) is 0 Å². The summed E-state index contributed by atoms with van der Waals surface area (Å²) in [5.74, 6) is 0. The second-order valence-electron chi connectivity index (χ2n) is 4.25. The fourth-order valence-electron chi connectivity index (χ4n) is 2.05. The first kappa shape index (κ1) is 14.9. The molecule has 1 saturated heterocycles. The van der Waals surface area contributed by atoms with Crippen LogP contribution in [0.15, 0.2) is 29.2 Å². The Morgan fingerprint density at radius 1 is 1.45 bits per heavy atom. The van der Waals surface area contributed by atoms with E-state index in [0.29, 0.717) is 0 Å². The van der Waals surface area contributed by atoms with E-state index in [1.165, 1.54) is 18.2 Å². The Morgan fingerprint density at radius 2 is 2.15 bits per heavy atom. The minimum Gasteiger partial charge on any atom is -0.395 e. The number of nitrogens with zero attached hydrogens (tertiary/aromatic N) is 2. The molecule has 8 nitrogen and oxygen atoms in total. The van der Waals surface area contributed by atoms with E-state index in [4.69, 9.17) is 4.74 Å². The van der Waals surface area contributed by atoms with Gasteiger partial charge in [0.1, 0.15) is 0 Å². The third kappa shape index (κ3) is 2.66. The van der Waals surface area contributed by atoms with Crippen LogP contribution in [0.4, 0.5) is 5.69 Å². The summed E-state index contributed by atoms with van der Waals surface area (Å²) >= 11 is 0. The molecule has 0 radical (unpaired) electrons. The molecule has 2 rings (SSSR count). The number of nitro benzene ring substituents is 1. The predicted molar refractivity (Wildman–Crippen MR) is 68.7 cm³/mol. The molecule has 1 N–H and O–H groups in total. The molecule has 1 fully saturated rings. The topological polar surface area (TPSA) is 110 Å². The summed E-state index contributed by atoms with van der Waals surface area (Å²) in [6.07, 6.45) is 0. The number of sulfonamides is 1. The van der Waals surface area contributed by atoms with Crippen molar-refractivity contribution in [3.05, 3.63) is 34.4 Å². The monoisotopic (exact) mass is 302 g/mol. The molecule has 110 valence electrons. The maximum Gasteiger partial charge on any atom is 0.289 e. The van der Waals surface area contributed by atoms with E-state index in [-0.39, 0.29) is 24.7 Å². The van der Waals surface area contributed by atoms with Gasteiger partial charge in [0.15, 0.2) is 4.90 Å². The van der Waals surface area contributed by atoms with Crippen molar-refractivity contribution in [3.8, 4) is 0 Å². The largest absolute Gasteiger partial charge is 0.395 e. The molecule has 1 unspecified atom stereocenters. The van der Waals surface area contributed by atoms with Crippen LogP contribution in [-0.2, 0) is 14.8 Å². The molecule has 1 aromatic carbocycles. The Kier molecular flexibility index (Phi) is 4.33. The fraction of sp³-hybridized carbons (Fsp3) is 0.455. The minimum atomic E-state index is -4.05. The van der Waals surface area contributed by atoms with Crippen molar-refractivity contribution in [3.63, 3.8) is 0 Å². The highest BCUT2D eigenvalue weighted by molar-refractivity contribution is 7.89. The third-order valence-electron chi connectivity index (χ3n) is 3.03. The van der Waals surface area contributed by atoms with Gasteiger partial charge in [0.2, 0.25) is 10.0 Å². The van der Waals surface area contributed by atoms with Crippen molar-refractivity contribution < 1.29 is 23.2 Å². The van der Waals surface area contributed by atoms with Gasteiger partial charge in [-0.1, -0.05) is 12.1 Å². The van der Waals surface area contributed by atoms with E-state index in [0.717, 1.165) is 10.4 Å². The summed E-state index contributed by atoms with van der Waals surface area (Å²) in [5.41, 5.74) is -0.476. The Hall–Kier alpha value is -1.55. The van der Waals surface area contributed by atoms with E-state index < -0.39 is 33.3 Å². The molecule has 0 amide bonds. The Balaban J connectivity index is 2.47. The van der Waals surface area contributed by atoms with Crippen LogP contribution in [-0.4, -0.2) is 55.2 Å². The first-order chi connectivity index (χ1) is 9.48. The lowest BCUT2D eigenvalue weighted by atomic mass is 10.3. The van der Waals surface area contributed by atoms with Gasteiger partial charge in [0.05, 0.1) is 30.8 Å². The van der Waals surface area contributed by atoms with Crippen molar-refractivity contribution in [2.24, 2.45) is 0 Å². The van der Waals surface area contributed by atoms with E-state index in [9.17, 15) is 23.6 Å². The number of rotatable bonds is 4. The molecule has 1 atom stereocenters. The van der Waals surface area contributed by atoms with Crippen LogP contribution in [0.3, 0.4) is 0 Å². The van der Waals surface area contributed by atoms with Gasteiger partial charge >= 0.3 is 0 Å². The number of ether oxygens (including phenoxy) is 1. The smallest absolute Gasteiger partial charge is 0.289 e. The van der Waals surface area contributed by atoms with E-state index >= 15 is 0 Å².